The third kappa shape index (κ3) is 3.37. The van der Waals surface area contributed by atoms with Gasteiger partial charge in [-0.1, -0.05) is 30.5 Å². The summed E-state index contributed by atoms with van der Waals surface area (Å²) < 4.78 is 0. The normalized spacial score (nSPS) is 18.4. The molecule has 1 aromatic carbocycles. The van der Waals surface area contributed by atoms with Gasteiger partial charge in [-0.15, -0.1) is 0 Å². The van der Waals surface area contributed by atoms with Gasteiger partial charge >= 0.3 is 0 Å². The number of nitrogens with two attached hydrogens (primary N) is 1. The highest BCUT2D eigenvalue weighted by molar-refractivity contribution is 6.33. The molecule has 1 aliphatic carbocycles. The van der Waals surface area contributed by atoms with Crippen LogP contribution < -0.4 is 5.73 Å². The molecule has 0 radical (unpaired) electrons. The van der Waals surface area contributed by atoms with Crippen LogP contribution in [0.3, 0.4) is 0 Å². The van der Waals surface area contributed by atoms with E-state index in [0.29, 0.717) is 10.7 Å². The second-order valence-corrected chi connectivity index (χ2v) is 5.87. The van der Waals surface area contributed by atoms with Gasteiger partial charge in [0.25, 0.3) is 0 Å². The van der Waals surface area contributed by atoms with Crippen molar-refractivity contribution in [2.24, 2.45) is 0 Å². The summed E-state index contributed by atoms with van der Waals surface area (Å²) in [6.45, 7) is 1.50. The van der Waals surface area contributed by atoms with E-state index >= 15 is 0 Å². The largest absolute Gasteiger partial charge is 0.398 e. The number of nitrogen functional groups attached to an aromatic ring is 1. The highest BCUT2D eigenvalue weighted by Gasteiger charge is 2.31. The summed E-state index contributed by atoms with van der Waals surface area (Å²) in [5.41, 5.74) is 7.03. The molecule has 0 unspecified atom stereocenters. The molecular weight excluding hydrogens is 248 g/mol. The number of hydrogen-bond donors (Lipinski definition) is 2. The molecule has 1 saturated carbocycles. The molecule has 0 saturated heterocycles. The molecular formula is C14H21ClN2O. The van der Waals surface area contributed by atoms with E-state index in [2.05, 4.69) is 4.90 Å². The summed E-state index contributed by atoms with van der Waals surface area (Å²) in [7, 11) is 2.03. The highest BCUT2D eigenvalue weighted by Crippen LogP contribution is 2.30. The second-order valence-electron chi connectivity index (χ2n) is 5.46. The Kier molecular flexibility index (Phi) is 4.15. The Bertz CT molecular complexity index is 416. The van der Waals surface area contributed by atoms with Crippen molar-refractivity contribution in [2.75, 3.05) is 19.3 Å². The van der Waals surface area contributed by atoms with E-state index in [1.54, 1.807) is 0 Å². The van der Waals surface area contributed by atoms with Crippen molar-refractivity contribution >= 4 is 17.3 Å². The lowest BCUT2D eigenvalue weighted by Crippen LogP contribution is -2.38. The zero-order valence-corrected chi connectivity index (χ0v) is 11.6. The first-order valence-electron chi connectivity index (χ1n) is 6.43. The number of halogens is 1. The molecule has 0 atom stereocenters. The number of aliphatic hydroxyl groups is 1. The highest BCUT2D eigenvalue weighted by atomic mass is 35.5. The van der Waals surface area contributed by atoms with E-state index in [0.717, 1.165) is 44.3 Å². The van der Waals surface area contributed by atoms with Gasteiger partial charge in [0, 0.05) is 13.1 Å². The molecule has 0 aliphatic heterocycles. The maximum absolute atomic E-state index is 10.4. The fourth-order valence-corrected chi connectivity index (χ4v) is 2.87. The molecule has 0 bridgehead atoms. The van der Waals surface area contributed by atoms with Gasteiger partial charge in [-0.25, -0.2) is 0 Å². The average Bonchev–Trinajstić information content (AvgIpc) is 2.70. The molecule has 3 nitrogen and oxygen atoms in total. The minimum absolute atomic E-state index is 0.493. The molecule has 0 heterocycles. The molecule has 1 aliphatic rings. The lowest BCUT2D eigenvalue weighted by molar-refractivity contribution is 0.0145. The van der Waals surface area contributed by atoms with Gasteiger partial charge in [0.15, 0.2) is 0 Å². The predicted octanol–water partition coefficient (Wildman–Crippen LogP) is 2.66. The monoisotopic (exact) mass is 268 g/mol. The van der Waals surface area contributed by atoms with Crippen molar-refractivity contribution in [1.29, 1.82) is 0 Å². The van der Waals surface area contributed by atoms with Gasteiger partial charge in [-0.3, -0.25) is 4.90 Å². The number of likely N-dealkylation sites (N-methyl/N-ethyl adjacent to an activating group) is 1. The Morgan fingerprint density at radius 1 is 1.39 bits per heavy atom. The molecule has 4 heteroatoms. The van der Waals surface area contributed by atoms with E-state index in [9.17, 15) is 5.11 Å². The van der Waals surface area contributed by atoms with Crippen LogP contribution in [0.1, 0.15) is 31.2 Å². The molecule has 0 aromatic heterocycles. The Morgan fingerprint density at radius 3 is 2.67 bits per heavy atom. The maximum Gasteiger partial charge on any atom is 0.0774 e. The van der Waals surface area contributed by atoms with Gasteiger partial charge in [0.2, 0.25) is 0 Å². The van der Waals surface area contributed by atoms with Crippen LogP contribution in [0.15, 0.2) is 18.2 Å². The molecule has 100 valence electrons. The van der Waals surface area contributed by atoms with Gasteiger partial charge in [-0.05, 0) is 37.6 Å². The molecule has 1 fully saturated rings. The van der Waals surface area contributed by atoms with E-state index in [4.69, 9.17) is 17.3 Å². The summed E-state index contributed by atoms with van der Waals surface area (Å²) in [5, 5.41) is 10.9. The van der Waals surface area contributed by atoms with Gasteiger partial charge in [0.05, 0.1) is 16.3 Å². The first-order valence-corrected chi connectivity index (χ1v) is 6.81. The van der Waals surface area contributed by atoms with E-state index in [1.165, 1.54) is 0 Å². The van der Waals surface area contributed by atoms with Gasteiger partial charge < -0.3 is 10.8 Å². The van der Waals surface area contributed by atoms with E-state index in [1.807, 2.05) is 25.2 Å². The summed E-state index contributed by atoms with van der Waals surface area (Å²) in [6, 6.07) is 5.70. The molecule has 18 heavy (non-hydrogen) atoms. The zero-order valence-electron chi connectivity index (χ0n) is 10.8. The Morgan fingerprint density at radius 2 is 2.06 bits per heavy atom. The van der Waals surface area contributed by atoms with Crippen LogP contribution >= 0.6 is 11.6 Å². The number of anilines is 1. The fourth-order valence-electron chi connectivity index (χ4n) is 2.75. The Balaban J connectivity index is 1.94. The summed E-state index contributed by atoms with van der Waals surface area (Å²) in [4.78, 5) is 2.15. The third-order valence-corrected chi connectivity index (χ3v) is 3.96. The van der Waals surface area contributed by atoms with Crippen LogP contribution in [0.25, 0.3) is 0 Å². The van der Waals surface area contributed by atoms with Crippen molar-refractivity contribution in [3.63, 3.8) is 0 Å². The Hall–Kier alpha value is -0.770. The maximum atomic E-state index is 10.4. The predicted molar refractivity (Wildman–Crippen MR) is 75.6 cm³/mol. The smallest absolute Gasteiger partial charge is 0.0774 e. The lowest BCUT2D eigenvalue weighted by atomic mass is 10.0. The first-order chi connectivity index (χ1) is 8.48. The van der Waals surface area contributed by atoms with Crippen molar-refractivity contribution in [3.8, 4) is 0 Å². The number of hydrogen-bond acceptors (Lipinski definition) is 3. The number of rotatable bonds is 4. The number of benzene rings is 1. The second kappa shape index (κ2) is 5.47. The van der Waals surface area contributed by atoms with Crippen LogP contribution in [0.5, 0.6) is 0 Å². The third-order valence-electron chi connectivity index (χ3n) is 3.61. The SMILES string of the molecule is CN(Cc1ccc(Cl)c(N)c1)CC1(O)CCCC1. The van der Waals surface area contributed by atoms with Crippen LogP contribution in [-0.2, 0) is 6.54 Å². The minimum Gasteiger partial charge on any atom is -0.398 e. The van der Waals surface area contributed by atoms with Crippen LogP contribution in [0, 0.1) is 0 Å². The average molecular weight is 269 g/mol. The van der Waals surface area contributed by atoms with Gasteiger partial charge in [-0.2, -0.15) is 0 Å². The minimum atomic E-state index is -0.493. The summed E-state index contributed by atoms with van der Waals surface area (Å²) >= 11 is 5.90. The van der Waals surface area contributed by atoms with Crippen molar-refractivity contribution < 1.29 is 5.11 Å². The molecule has 2 rings (SSSR count). The summed E-state index contributed by atoms with van der Waals surface area (Å²) in [5.74, 6) is 0. The van der Waals surface area contributed by atoms with Crippen molar-refractivity contribution in [2.45, 2.75) is 37.8 Å². The van der Waals surface area contributed by atoms with E-state index < -0.39 is 5.60 Å². The first kappa shape index (κ1) is 13.7. The standard InChI is InChI=1S/C14H21ClN2O/c1-17(10-14(18)6-2-3-7-14)9-11-4-5-12(15)13(16)8-11/h4-5,8,18H,2-3,6-7,9-10,16H2,1H3. The molecule has 3 N–H and O–H groups in total. The van der Waals surface area contributed by atoms with Gasteiger partial charge in [0.1, 0.15) is 0 Å². The molecule has 1 aromatic rings. The van der Waals surface area contributed by atoms with Crippen molar-refractivity contribution in [3.05, 3.63) is 28.8 Å². The Labute approximate surface area is 114 Å². The van der Waals surface area contributed by atoms with Crippen LogP contribution in [-0.4, -0.2) is 29.2 Å². The molecule has 0 spiro atoms. The molecule has 0 amide bonds. The van der Waals surface area contributed by atoms with Crippen LogP contribution in [0.2, 0.25) is 5.02 Å². The topological polar surface area (TPSA) is 49.5 Å². The summed E-state index contributed by atoms with van der Waals surface area (Å²) in [6.07, 6.45) is 4.11. The lowest BCUT2D eigenvalue weighted by Gasteiger charge is -2.28. The zero-order chi connectivity index (χ0) is 13.2. The fraction of sp³-hybridized carbons (Fsp3) is 0.571. The quantitative estimate of drug-likeness (QED) is 0.826. The van der Waals surface area contributed by atoms with Crippen LogP contribution in [0.4, 0.5) is 5.69 Å². The number of nitrogens with zero attached hydrogens (tertiary/aromatic N) is 1. The van der Waals surface area contributed by atoms with E-state index in [-0.39, 0.29) is 0 Å². The van der Waals surface area contributed by atoms with Crippen molar-refractivity contribution in [1.82, 2.24) is 4.90 Å².